The zero-order valence-corrected chi connectivity index (χ0v) is 11.5. The molecule has 2 rings (SSSR count). The number of amides is 1. The first-order valence-corrected chi connectivity index (χ1v) is 6.79. The average molecular weight is 300 g/mol. The van der Waals surface area contributed by atoms with Crippen molar-refractivity contribution in [1.82, 2.24) is 9.88 Å². The maximum atomic E-state index is 12.4. The highest BCUT2D eigenvalue weighted by molar-refractivity contribution is 9.10. The van der Waals surface area contributed by atoms with Gasteiger partial charge in [0.1, 0.15) is 5.69 Å². The molecule has 5 heteroatoms. The van der Waals surface area contributed by atoms with E-state index in [2.05, 4.69) is 27.8 Å². The van der Waals surface area contributed by atoms with Gasteiger partial charge in [-0.2, -0.15) is 0 Å². The SMILES string of the molecule is CC1CCCC(CN)N1C(=O)c1cc(Br)c[nH]1. The summed E-state index contributed by atoms with van der Waals surface area (Å²) in [6.07, 6.45) is 5.00. The fourth-order valence-electron chi connectivity index (χ4n) is 2.51. The van der Waals surface area contributed by atoms with Crippen molar-refractivity contribution in [3.8, 4) is 0 Å². The molecular weight excluding hydrogens is 282 g/mol. The maximum Gasteiger partial charge on any atom is 0.270 e. The van der Waals surface area contributed by atoms with Gasteiger partial charge in [-0.1, -0.05) is 0 Å². The van der Waals surface area contributed by atoms with E-state index in [1.165, 1.54) is 0 Å². The number of rotatable bonds is 2. The van der Waals surface area contributed by atoms with Crippen molar-refractivity contribution < 1.29 is 4.79 Å². The Morgan fingerprint density at radius 2 is 2.41 bits per heavy atom. The number of carbonyl (C=O) groups excluding carboxylic acids is 1. The van der Waals surface area contributed by atoms with E-state index in [4.69, 9.17) is 5.73 Å². The lowest BCUT2D eigenvalue weighted by atomic mass is 9.96. The molecule has 0 bridgehead atoms. The average Bonchev–Trinajstić information content (AvgIpc) is 2.74. The lowest BCUT2D eigenvalue weighted by Gasteiger charge is -2.40. The van der Waals surface area contributed by atoms with Crippen molar-refractivity contribution in [3.63, 3.8) is 0 Å². The quantitative estimate of drug-likeness (QED) is 0.879. The zero-order valence-electron chi connectivity index (χ0n) is 9.95. The van der Waals surface area contributed by atoms with Gasteiger partial charge in [0.15, 0.2) is 0 Å². The molecule has 0 spiro atoms. The Labute approximate surface area is 110 Å². The summed E-state index contributed by atoms with van der Waals surface area (Å²) in [5.74, 6) is 0.0540. The highest BCUT2D eigenvalue weighted by Gasteiger charge is 2.31. The topological polar surface area (TPSA) is 62.1 Å². The lowest BCUT2D eigenvalue weighted by molar-refractivity contribution is 0.0489. The molecule has 2 unspecified atom stereocenters. The molecule has 0 aliphatic carbocycles. The van der Waals surface area contributed by atoms with E-state index in [1.54, 1.807) is 6.20 Å². The van der Waals surface area contributed by atoms with Gasteiger partial charge in [-0.05, 0) is 48.2 Å². The van der Waals surface area contributed by atoms with Crippen molar-refractivity contribution in [2.75, 3.05) is 6.54 Å². The second-order valence-electron chi connectivity index (χ2n) is 4.61. The van der Waals surface area contributed by atoms with E-state index in [9.17, 15) is 4.79 Å². The van der Waals surface area contributed by atoms with Gasteiger partial charge in [0.25, 0.3) is 5.91 Å². The Morgan fingerprint density at radius 1 is 1.65 bits per heavy atom. The standard InChI is InChI=1S/C12H18BrN3O/c1-8-3-2-4-10(6-14)16(8)12(17)11-5-9(13)7-15-11/h5,7-8,10,15H,2-4,6,14H2,1H3. The van der Waals surface area contributed by atoms with Crippen molar-refractivity contribution >= 4 is 21.8 Å². The van der Waals surface area contributed by atoms with Crippen LogP contribution in [0.4, 0.5) is 0 Å². The van der Waals surface area contributed by atoms with Crippen molar-refractivity contribution in [3.05, 3.63) is 22.4 Å². The Bertz CT molecular complexity index is 404. The van der Waals surface area contributed by atoms with Crippen LogP contribution < -0.4 is 5.73 Å². The molecule has 2 heterocycles. The third kappa shape index (κ3) is 2.55. The summed E-state index contributed by atoms with van der Waals surface area (Å²) < 4.78 is 0.898. The van der Waals surface area contributed by atoms with Crippen LogP contribution in [-0.4, -0.2) is 34.4 Å². The molecule has 0 saturated carbocycles. The van der Waals surface area contributed by atoms with E-state index >= 15 is 0 Å². The summed E-state index contributed by atoms with van der Waals surface area (Å²) in [5, 5.41) is 0. The Kier molecular flexibility index (Phi) is 3.89. The first kappa shape index (κ1) is 12.6. The number of aromatic amines is 1. The highest BCUT2D eigenvalue weighted by atomic mass is 79.9. The van der Waals surface area contributed by atoms with Gasteiger partial charge < -0.3 is 15.6 Å². The number of hydrogen-bond donors (Lipinski definition) is 2. The third-order valence-corrected chi connectivity index (χ3v) is 3.87. The summed E-state index contributed by atoms with van der Waals surface area (Å²) in [7, 11) is 0. The zero-order chi connectivity index (χ0) is 12.4. The van der Waals surface area contributed by atoms with Gasteiger partial charge in [0.05, 0.1) is 0 Å². The minimum Gasteiger partial charge on any atom is -0.356 e. The van der Waals surface area contributed by atoms with Crippen LogP contribution >= 0.6 is 15.9 Å². The number of H-pyrrole nitrogens is 1. The van der Waals surface area contributed by atoms with Crippen LogP contribution in [0, 0.1) is 0 Å². The number of carbonyl (C=O) groups is 1. The number of piperidine rings is 1. The van der Waals surface area contributed by atoms with Gasteiger partial charge in [0, 0.05) is 29.3 Å². The van der Waals surface area contributed by atoms with Crippen molar-refractivity contribution in [1.29, 1.82) is 0 Å². The molecule has 1 aromatic rings. The van der Waals surface area contributed by atoms with Crippen LogP contribution in [-0.2, 0) is 0 Å². The van der Waals surface area contributed by atoms with Crippen LogP contribution in [0.3, 0.4) is 0 Å². The molecule has 1 amide bonds. The van der Waals surface area contributed by atoms with Crippen molar-refractivity contribution in [2.24, 2.45) is 5.73 Å². The monoisotopic (exact) mass is 299 g/mol. The number of nitrogens with zero attached hydrogens (tertiary/aromatic N) is 1. The first-order valence-electron chi connectivity index (χ1n) is 6.00. The molecule has 1 fully saturated rings. The Hall–Kier alpha value is -0.810. The number of hydrogen-bond acceptors (Lipinski definition) is 2. The molecule has 17 heavy (non-hydrogen) atoms. The Balaban J connectivity index is 2.21. The van der Waals surface area contributed by atoms with Crippen LogP contribution in [0.15, 0.2) is 16.7 Å². The summed E-state index contributed by atoms with van der Waals surface area (Å²) in [5.41, 5.74) is 6.39. The van der Waals surface area contributed by atoms with Crippen LogP contribution in [0.5, 0.6) is 0 Å². The molecule has 94 valence electrons. The molecule has 0 radical (unpaired) electrons. The van der Waals surface area contributed by atoms with Crippen LogP contribution in [0.25, 0.3) is 0 Å². The van der Waals surface area contributed by atoms with E-state index in [0.717, 1.165) is 23.7 Å². The van der Waals surface area contributed by atoms with Crippen molar-refractivity contribution in [2.45, 2.75) is 38.3 Å². The first-order chi connectivity index (χ1) is 8.13. The molecule has 4 nitrogen and oxygen atoms in total. The summed E-state index contributed by atoms with van der Waals surface area (Å²) >= 11 is 3.35. The molecule has 2 atom stereocenters. The van der Waals surface area contributed by atoms with E-state index in [0.29, 0.717) is 12.2 Å². The normalized spacial score (nSPS) is 25.0. The molecule has 1 aromatic heterocycles. The molecule has 0 aromatic carbocycles. The van der Waals surface area contributed by atoms with E-state index < -0.39 is 0 Å². The van der Waals surface area contributed by atoms with Crippen LogP contribution in [0.1, 0.15) is 36.7 Å². The van der Waals surface area contributed by atoms with Gasteiger partial charge in [-0.15, -0.1) is 0 Å². The summed E-state index contributed by atoms with van der Waals surface area (Å²) in [4.78, 5) is 17.3. The second kappa shape index (κ2) is 5.23. The molecule has 3 N–H and O–H groups in total. The molecular formula is C12H18BrN3O. The summed E-state index contributed by atoms with van der Waals surface area (Å²) in [6, 6.07) is 2.26. The third-order valence-electron chi connectivity index (χ3n) is 3.41. The van der Waals surface area contributed by atoms with Gasteiger partial charge in [-0.25, -0.2) is 0 Å². The minimum atomic E-state index is 0.0540. The number of aromatic nitrogens is 1. The fourth-order valence-corrected chi connectivity index (χ4v) is 2.86. The van der Waals surface area contributed by atoms with Gasteiger partial charge >= 0.3 is 0 Å². The minimum absolute atomic E-state index is 0.0540. The molecule has 1 aliphatic heterocycles. The predicted octanol–water partition coefficient (Wildman–Crippen LogP) is 2.12. The fraction of sp³-hybridized carbons (Fsp3) is 0.583. The number of likely N-dealkylation sites (tertiary alicyclic amines) is 1. The van der Waals surface area contributed by atoms with Gasteiger partial charge in [-0.3, -0.25) is 4.79 Å². The highest BCUT2D eigenvalue weighted by Crippen LogP contribution is 2.24. The Morgan fingerprint density at radius 3 is 3.00 bits per heavy atom. The maximum absolute atomic E-state index is 12.4. The summed E-state index contributed by atoms with van der Waals surface area (Å²) in [6.45, 7) is 2.63. The number of nitrogens with one attached hydrogen (secondary N) is 1. The largest absolute Gasteiger partial charge is 0.356 e. The smallest absolute Gasteiger partial charge is 0.270 e. The lowest BCUT2D eigenvalue weighted by Crippen LogP contribution is -2.51. The van der Waals surface area contributed by atoms with Gasteiger partial charge in [0.2, 0.25) is 0 Å². The van der Waals surface area contributed by atoms with E-state index in [-0.39, 0.29) is 18.0 Å². The van der Waals surface area contributed by atoms with E-state index in [1.807, 2.05) is 11.0 Å². The molecule has 1 aliphatic rings. The molecule has 1 saturated heterocycles. The second-order valence-corrected chi connectivity index (χ2v) is 5.53. The number of halogens is 1. The van der Waals surface area contributed by atoms with Crippen LogP contribution in [0.2, 0.25) is 0 Å². The predicted molar refractivity (Wildman–Crippen MR) is 70.8 cm³/mol. The number of nitrogens with two attached hydrogens (primary N) is 1.